The van der Waals surface area contributed by atoms with Crippen molar-refractivity contribution >= 4 is 15.9 Å². The lowest BCUT2D eigenvalue weighted by atomic mass is 10.5. The molecule has 48 valence electrons. The molecular formula is C6H6BrNO. The zero-order valence-electron chi connectivity index (χ0n) is 7.47. The third-order valence-corrected chi connectivity index (χ3v) is 1.50. The van der Waals surface area contributed by atoms with E-state index in [1.807, 2.05) is 0 Å². The van der Waals surface area contributed by atoms with Crippen LogP contribution in [0, 0.1) is 0 Å². The molecule has 2 nitrogen and oxygen atoms in total. The summed E-state index contributed by atoms with van der Waals surface area (Å²) in [6.07, 6.45) is 2.88. The van der Waals surface area contributed by atoms with Crippen molar-refractivity contribution in [3.05, 3.63) is 22.9 Å². The van der Waals surface area contributed by atoms with E-state index in [4.69, 9.17) is 4.11 Å². The zero-order chi connectivity index (χ0) is 9.19. The van der Waals surface area contributed by atoms with Crippen LogP contribution in [0.4, 0.5) is 0 Å². The fraction of sp³-hybridized carbons (Fsp3) is 0.167. The molecule has 0 aliphatic carbocycles. The summed E-state index contributed by atoms with van der Waals surface area (Å²) in [6, 6.07) is 1.61. The lowest BCUT2D eigenvalue weighted by Crippen LogP contribution is -1.83. The molecular weight excluding hydrogens is 182 g/mol. The van der Waals surface area contributed by atoms with Crippen LogP contribution in [-0.2, 0) is 0 Å². The summed E-state index contributed by atoms with van der Waals surface area (Å²) in [4.78, 5) is 3.72. The standard InChI is InChI=1S/C6H6BrNO/c1-9-6-4-8-3-2-5(6)7/h2-4H,1H3/i1D3. The first kappa shape index (κ1) is 3.56. The number of hydrogen-bond donors (Lipinski definition) is 0. The lowest BCUT2D eigenvalue weighted by molar-refractivity contribution is 0.410. The smallest absolute Gasteiger partial charge is 0.151 e. The molecule has 0 bridgehead atoms. The van der Waals surface area contributed by atoms with Crippen LogP contribution in [0.5, 0.6) is 5.75 Å². The van der Waals surface area contributed by atoms with Gasteiger partial charge in [-0.15, -0.1) is 0 Å². The third-order valence-electron chi connectivity index (χ3n) is 0.844. The molecule has 0 N–H and O–H groups in total. The molecule has 0 amide bonds. The van der Waals surface area contributed by atoms with Gasteiger partial charge in [-0.1, -0.05) is 0 Å². The second-order valence-electron chi connectivity index (χ2n) is 1.41. The van der Waals surface area contributed by atoms with Crippen molar-refractivity contribution in [1.29, 1.82) is 0 Å². The Morgan fingerprint density at radius 1 is 1.89 bits per heavy atom. The highest BCUT2D eigenvalue weighted by Gasteiger charge is 1.94. The van der Waals surface area contributed by atoms with Crippen LogP contribution < -0.4 is 4.74 Å². The van der Waals surface area contributed by atoms with Gasteiger partial charge in [-0.2, -0.15) is 0 Å². The van der Waals surface area contributed by atoms with Gasteiger partial charge in [0.1, 0.15) is 0 Å². The monoisotopic (exact) mass is 190 g/mol. The van der Waals surface area contributed by atoms with Gasteiger partial charge in [0.2, 0.25) is 0 Å². The second kappa shape index (κ2) is 2.82. The Morgan fingerprint density at radius 3 is 3.44 bits per heavy atom. The molecule has 0 aliphatic heterocycles. The molecule has 0 spiro atoms. The van der Waals surface area contributed by atoms with E-state index in [9.17, 15) is 0 Å². The Labute approximate surface area is 66.2 Å². The number of rotatable bonds is 1. The van der Waals surface area contributed by atoms with Gasteiger partial charge in [0.15, 0.2) is 5.75 Å². The van der Waals surface area contributed by atoms with Crippen molar-refractivity contribution in [3.8, 4) is 5.75 Å². The van der Waals surface area contributed by atoms with Crippen molar-refractivity contribution in [1.82, 2.24) is 4.98 Å². The number of pyridine rings is 1. The number of hydrogen-bond acceptors (Lipinski definition) is 2. The maximum absolute atomic E-state index is 6.83. The molecule has 0 atom stereocenters. The predicted octanol–water partition coefficient (Wildman–Crippen LogP) is 1.85. The highest BCUT2D eigenvalue weighted by molar-refractivity contribution is 9.10. The average molecular weight is 191 g/mol. The van der Waals surface area contributed by atoms with Crippen LogP contribution in [0.25, 0.3) is 0 Å². The SMILES string of the molecule is [2H]C([2H])([2H])Oc1cnccc1Br. The number of aromatic nitrogens is 1. The Bertz CT molecular complexity index is 276. The highest BCUT2D eigenvalue weighted by Crippen LogP contribution is 2.21. The molecule has 0 saturated heterocycles. The fourth-order valence-electron chi connectivity index (χ4n) is 0.438. The number of ether oxygens (including phenoxy) is 1. The van der Waals surface area contributed by atoms with Crippen LogP contribution in [-0.4, -0.2) is 12.0 Å². The molecule has 0 aromatic carbocycles. The average Bonchev–Trinajstić information content (AvgIpc) is 1.91. The van der Waals surface area contributed by atoms with E-state index in [-0.39, 0.29) is 5.75 Å². The molecule has 0 unspecified atom stereocenters. The Balaban J connectivity index is 2.83. The molecule has 1 rings (SSSR count). The Morgan fingerprint density at radius 2 is 2.78 bits per heavy atom. The van der Waals surface area contributed by atoms with E-state index in [0.717, 1.165) is 0 Å². The van der Waals surface area contributed by atoms with Crippen LogP contribution in [0.3, 0.4) is 0 Å². The van der Waals surface area contributed by atoms with Gasteiger partial charge in [-0.05, 0) is 22.0 Å². The van der Waals surface area contributed by atoms with Gasteiger partial charge in [0.25, 0.3) is 0 Å². The van der Waals surface area contributed by atoms with Gasteiger partial charge in [0.05, 0.1) is 21.8 Å². The maximum Gasteiger partial charge on any atom is 0.151 e. The molecule has 0 saturated carbocycles. The minimum Gasteiger partial charge on any atom is -0.494 e. The summed E-state index contributed by atoms with van der Waals surface area (Å²) in [5.74, 6) is 0.220. The molecule has 1 aromatic heterocycles. The predicted molar refractivity (Wildman–Crippen MR) is 38.5 cm³/mol. The van der Waals surface area contributed by atoms with Crippen LogP contribution >= 0.6 is 15.9 Å². The first-order valence-corrected chi connectivity index (χ1v) is 3.07. The summed E-state index contributed by atoms with van der Waals surface area (Å²) in [7, 11) is -2.43. The molecule has 1 heterocycles. The van der Waals surface area contributed by atoms with Crippen LogP contribution in [0.1, 0.15) is 4.11 Å². The van der Waals surface area contributed by atoms with E-state index in [1.165, 1.54) is 12.4 Å². The van der Waals surface area contributed by atoms with Gasteiger partial charge < -0.3 is 4.74 Å². The van der Waals surface area contributed by atoms with Crippen molar-refractivity contribution in [2.24, 2.45) is 0 Å². The summed E-state index contributed by atoms with van der Waals surface area (Å²) >= 11 is 3.13. The van der Waals surface area contributed by atoms with Crippen LogP contribution in [0.15, 0.2) is 22.9 Å². The van der Waals surface area contributed by atoms with Gasteiger partial charge in [0, 0.05) is 6.20 Å². The summed E-state index contributed by atoms with van der Waals surface area (Å²) < 4.78 is 25.7. The fourth-order valence-corrected chi connectivity index (χ4v) is 0.740. The molecule has 3 heteroatoms. The summed E-state index contributed by atoms with van der Waals surface area (Å²) in [5, 5.41) is 0. The topological polar surface area (TPSA) is 22.1 Å². The van der Waals surface area contributed by atoms with E-state index in [1.54, 1.807) is 6.07 Å². The first-order chi connectivity index (χ1) is 5.49. The van der Waals surface area contributed by atoms with Gasteiger partial charge in [-0.25, -0.2) is 0 Å². The van der Waals surface area contributed by atoms with E-state index in [2.05, 4.69) is 25.7 Å². The molecule has 0 fully saturated rings. The first-order valence-electron chi connectivity index (χ1n) is 3.77. The minimum atomic E-state index is -2.43. The van der Waals surface area contributed by atoms with Crippen molar-refractivity contribution < 1.29 is 8.85 Å². The minimum absolute atomic E-state index is 0.220. The quantitative estimate of drug-likeness (QED) is 0.675. The van der Waals surface area contributed by atoms with E-state index in [0.29, 0.717) is 4.47 Å². The third kappa shape index (κ3) is 1.42. The van der Waals surface area contributed by atoms with Crippen molar-refractivity contribution in [2.45, 2.75) is 0 Å². The second-order valence-corrected chi connectivity index (χ2v) is 2.26. The van der Waals surface area contributed by atoms with E-state index >= 15 is 0 Å². The molecule has 0 aliphatic rings. The number of methoxy groups -OCH3 is 1. The van der Waals surface area contributed by atoms with Crippen molar-refractivity contribution in [3.63, 3.8) is 0 Å². The molecule has 1 aromatic rings. The van der Waals surface area contributed by atoms with E-state index < -0.39 is 7.04 Å². The largest absolute Gasteiger partial charge is 0.494 e. The highest BCUT2D eigenvalue weighted by atomic mass is 79.9. The lowest BCUT2D eigenvalue weighted by Gasteiger charge is -1.98. The Kier molecular flexibility index (Phi) is 1.12. The van der Waals surface area contributed by atoms with Crippen molar-refractivity contribution in [2.75, 3.05) is 7.04 Å². The normalized spacial score (nSPS) is 15.4. The zero-order valence-corrected chi connectivity index (χ0v) is 6.05. The summed E-state index contributed by atoms with van der Waals surface area (Å²) in [6.45, 7) is 0. The molecule has 0 radical (unpaired) electrons. The Hall–Kier alpha value is -0.570. The molecule has 9 heavy (non-hydrogen) atoms. The van der Waals surface area contributed by atoms with Crippen LogP contribution in [0.2, 0.25) is 0 Å². The number of nitrogens with zero attached hydrogens (tertiary/aromatic N) is 1. The van der Waals surface area contributed by atoms with Gasteiger partial charge >= 0.3 is 0 Å². The summed E-state index contributed by atoms with van der Waals surface area (Å²) in [5.41, 5.74) is 0. The van der Waals surface area contributed by atoms with Gasteiger partial charge in [-0.3, -0.25) is 4.98 Å². The number of halogens is 1. The maximum atomic E-state index is 6.83.